The molecule has 0 saturated heterocycles. The largest absolute Gasteiger partial charge is 0.489 e. The average Bonchev–Trinajstić information content (AvgIpc) is 2.51. The van der Waals surface area contributed by atoms with E-state index >= 15 is 0 Å². The summed E-state index contributed by atoms with van der Waals surface area (Å²) in [6.07, 6.45) is -0.553. The number of hydrogen-bond acceptors (Lipinski definition) is 3. The van der Waals surface area contributed by atoms with Crippen molar-refractivity contribution in [1.82, 2.24) is 5.32 Å². The lowest BCUT2D eigenvalue weighted by atomic mass is 10.1. The fourth-order valence-electron chi connectivity index (χ4n) is 2.25. The lowest BCUT2D eigenvalue weighted by Gasteiger charge is -2.18. The minimum Gasteiger partial charge on any atom is -0.489 e. The SMILES string of the molecule is CC(C)Oc1c(Cl)cc(Cl)cc1CNC[C@@H](O)c1ccccc1. The van der Waals surface area contributed by atoms with Crippen LogP contribution in [0.4, 0.5) is 0 Å². The lowest BCUT2D eigenvalue weighted by Crippen LogP contribution is -2.22. The molecule has 0 heterocycles. The van der Waals surface area contributed by atoms with Gasteiger partial charge in [0, 0.05) is 23.7 Å². The maximum absolute atomic E-state index is 10.2. The van der Waals surface area contributed by atoms with Crippen molar-refractivity contribution < 1.29 is 9.84 Å². The van der Waals surface area contributed by atoms with E-state index < -0.39 is 6.10 Å². The highest BCUT2D eigenvalue weighted by Gasteiger charge is 2.13. The molecule has 0 amide bonds. The Morgan fingerprint density at radius 3 is 2.48 bits per heavy atom. The zero-order valence-corrected chi connectivity index (χ0v) is 14.7. The van der Waals surface area contributed by atoms with E-state index in [9.17, 15) is 5.11 Å². The van der Waals surface area contributed by atoms with Gasteiger partial charge in [0.15, 0.2) is 0 Å². The van der Waals surface area contributed by atoms with Gasteiger partial charge in [-0.3, -0.25) is 0 Å². The monoisotopic (exact) mass is 353 g/mol. The van der Waals surface area contributed by atoms with Crippen LogP contribution in [0, 0.1) is 0 Å². The van der Waals surface area contributed by atoms with Crippen molar-refractivity contribution in [3.63, 3.8) is 0 Å². The van der Waals surface area contributed by atoms with Crippen LogP contribution in [0.15, 0.2) is 42.5 Å². The highest BCUT2D eigenvalue weighted by molar-refractivity contribution is 6.35. The Bertz CT molecular complexity index is 632. The van der Waals surface area contributed by atoms with Gasteiger partial charge in [0.25, 0.3) is 0 Å². The fourth-order valence-corrected chi connectivity index (χ4v) is 2.83. The average molecular weight is 354 g/mol. The second kappa shape index (κ2) is 8.55. The summed E-state index contributed by atoms with van der Waals surface area (Å²) in [5.41, 5.74) is 1.75. The number of nitrogens with one attached hydrogen (secondary N) is 1. The maximum Gasteiger partial charge on any atom is 0.142 e. The standard InChI is InChI=1S/C18H21Cl2NO2/c1-12(2)23-18-14(8-15(19)9-16(18)20)10-21-11-17(22)13-6-4-3-5-7-13/h3-9,12,17,21-22H,10-11H2,1-2H3/t17-/m1/s1. The van der Waals surface area contributed by atoms with Gasteiger partial charge in [0.2, 0.25) is 0 Å². The molecule has 1 atom stereocenters. The van der Waals surface area contributed by atoms with E-state index in [1.54, 1.807) is 6.07 Å². The van der Waals surface area contributed by atoms with Crippen molar-refractivity contribution in [2.45, 2.75) is 32.6 Å². The molecule has 2 rings (SSSR count). The summed E-state index contributed by atoms with van der Waals surface area (Å²) in [5, 5.41) is 14.5. The number of hydrogen-bond donors (Lipinski definition) is 2. The molecule has 0 aliphatic rings. The molecule has 0 bridgehead atoms. The van der Waals surface area contributed by atoms with Gasteiger partial charge in [-0.1, -0.05) is 53.5 Å². The molecule has 124 valence electrons. The Morgan fingerprint density at radius 1 is 1.13 bits per heavy atom. The summed E-state index contributed by atoms with van der Waals surface area (Å²) in [5.74, 6) is 0.632. The Kier molecular flexibility index (Phi) is 6.72. The van der Waals surface area contributed by atoms with Gasteiger partial charge in [0.1, 0.15) is 5.75 Å². The van der Waals surface area contributed by atoms with E-state index in [-0.39, 0.29) is 6.10 Å². The predicted octanol–water partition coefficient (Wildman–Crippen LogP) is 4.60. The molecular weight excluding hydrogens is 333 g/mol. The van der Waals surface area contributed by atoms with Crippen LogP contribution in [-0.4, -0.2) is 17.8 Å². The molecule has 0 aliphatic carbocycles. The molecule has 0 aromatic heterocycles. The van der Waals surface area contributed by atoms with Gasteiger partial charge in [-0.25, -0.2) is 0 Å². The molecule has 0 unspecified atom stereocenters. The smallest absolute Gasteiger partial charge is 0.142 e. The van der Waals surface area contributed by atoms with Crippen molar-refractivity contribution in [3.05, 3.63) is 63.6 Å². The van der Waals surface area contributed by atoms with E-state index in [1.807, 2.05) is 50.2 Å². The topological polar surface area (TPSA) is 41.5 Å². The molecule has 3 nitrogen and oxygen atoms in total. The molecular formula is C18H21Cl2NO2. The number of rotatable bonds is 7. The summed E-state index contributed by atoms with van der Waals surface area (Å²) < 4.78 is 5.78. The summed E-state index contributed by atoms with van der Waals surface area (Å²) in [4.78, 5) is 0. The van der Waals surface area contributed by atoms with Crippen molar-refractivity contribution in [3.8, 4) is 5.75 Å². The summed E-state index contributed by atoms with van der Waals surface area (Å²) in [7, 11) is 0. The van der Waals surface area contributed by atoms with Gasteiger partial charge >= 0.3 is 0 Å². The van der Waals surface area contributed by atoms with Gasteiger partial charge in [0.05, 0.1) is 17.2 Å². The van der Waals surface area contributed by atoms with Gasteiger partial charge in [-0.05, 0) is 31.5 Å². The van der Waals surface area contributed by atoms with Crippen LogP contribution in [-0.2, 0) is 6.54 Å². The van der Waals surface area contributed by atoms with E-state index in [0.717, 1.165) is 11.1 Å². The first kappa shape index (κ1) is 18.1. The first-order valence-electron chi connectivity index (χ1n) is 7.55. The van der Waals surface area contributed by atoms with Crippen LogP contribution in [0.25, 0.3) is 0 Å². The van der Waals surface area contributed by atoms with Crippen molar-refractivity contribution in [1.29, 1.82) is 0 Å². The Labute approximate surface area is 147 Å². The summed E-state index contributed by atoms with van der Waals surface area (Å²) in [6, 6.07) is 13.0. The quantitative estimate of drug-likeness (QED) is 0.763. The Morgan fingerprint density at radius 2 is 1.83 bits per heavy atom. The molecule has 0 spiro atoms. The third-order valence-corrected chi connectivity index (χ3v) is 3.78. The summed E-state index contributed by atoms with van der Waals surface area (Å²) in [6.45, 7) is 4.82. The van der Waals surface area contributed by atoms with Crippen LogP contribution in [0.3, 0.4) is 0 Å². The molecule has 0 aliphatic heterocycles. The number of halogens is 2. The number of ether oxygens (including phenoxy) is 1. The first-order chi connectivity index (χ1) is 11.0. The van der Waals surface area contributed by atoms with E-state index in [0.29, 0.717) is 28.9 Å². The van der Waals surface area contributed by atoms with E-state index in [4.69, 9.17) is 27.9 Å². The highest BCUT2D eigenvalue weighted by atomic mass is 35.5. The van der Waals surface area contributed by atoms with Crippen LogP contribution in [0.1, 0.15) is 31.1 Å². The minimum atomic E-state index is -0.569. The molecule has 0 saturated carbocycles. The molecule has 23 heavy (non-hydrogen) atoms. The van der Waals surface area contributed by atoms with Crippen LogP contribution in [0.5, 0.6) is 5.75 Å². The molecule has 0 radical (unpaired) electrons. The van der Waals surface area contributed by atoms with Crippen LogP contribution < -0.4 is 10.1 Å². The van der Waals surface area contributed by atoms with Crippen molar-refractivity contribution in [2.75, 3.05) is 6.54 Å². The molecule has 2 aromatic rings. The Balaban J connectivity index is 2.02. The number of aliphatic hydroxyl groups is 1. The normalized spacial score (nSPS) is 12.4. The third-order valence-electron chi connectivity index (χ3n) is 3.28. The predicted molar refractivity (Wildman–Crippen MR) is 95.3 cm³/mol. The molecule has 5 heteroatoms. The van der Waals surface area contributed by atoms with E-state index in [1.165, 1.54) is 0 Å². The molecule has 0 fully saturated rings. The number of benzene rings is 2. The molecule has 2 N–H and O–H groups in total. The van der Waals surface area contributed by atoms with Crippen LogP contribution in [0.2, 0.25) is 10.0 Å². The highest BCUT2D eigenvalue weighted by Crippen LogP contribution is 2.33. The van der Waals surface area contributed by atoms with Crippen molar-refractivity contribution in [2.24, 2.45) is 0 Å². The maximum atomic E-state index is 10.2. The number of aliphatic hydroxyl groups excluding tert-OH is 1. The minimum absolute atomic E-state index is 0.0161. The van der Waals surface area contributed by atoms with Gasteiger partial charge in [-0.15, -0.1) is 0 Å². The zero-order chi connectivity index (χ0) is 16.8. The third kappa shape index (κ3) is 5.40. The van der Waals surface area contributed by atoms with Gasteiger partial charge < -0.3 is 15.2 Å². The van der Waals surface area contributed by atoms with E-state index in [2.05, 4.69) is 5.32 Å². The molecule has 2 aromatic carbocycles. The summed E-state index contributed by atoms with van der Waals surface area (Å²) >= 11 is 12.3. The van der Waals surface area contributed by atoms with Gasteiger partial charge in [-0.2, -0.15) is 0 Å². The van der Waals surface area contributed by atoms with Crippen molar-refractivity contribution >= 4 is 23.2 Å². The second-order valence-electron chi connectivity index (χ2n) is 5.60. The second-order valence-corrected chi connectivity index (χ2v) is 6.44. The lowest BCUT2D eigenvalue weighted by molar-refractivity contribution is 0.174. The first-order valence-corrected chi connectivity index (χ1v) is 8.31. The Hall–Kier alpha value is -1.26. The van der Waals surface area contributed by atoms with Crippen LogP contribution >= 0.6 is 23.2 Å². The fraction of sp³-hybridized carbons (Fsp3) is 0.333. The zero-order valence-electron chi connectivity index (χ0n) is 13.2.